The van der Waals surface area contributed by atoms with E-state index >= 15 is 0 Å². The second kappa shape index (κ2) is 3.63. The predicted octanol–water partition coefficient (Wildman–Crippen LogP) is 0.674. The molecule has 2 rings (SSSR count). The molecule has 0 aliphatic rings. The summed E-state index contributed by atoms with van der Waals surface area (Å²) in [7, 11) is 0. The molecule has 0 aliphatic carbocycles. The van der Waals surface area contributed by atoms with Crippen molar-refractivity contribution in [2.45, 2.75) is 19.5 Å². The Labute approximate surface area is 82.0 Å². The molecule has 0 amide bonds. The quantitative estimate of drug-likeness (QED) is 0.749. The Balaban J connectivity index is 2.21. The van der Waals surface area contributed by atoms with Crippen LogP contribution in [0.1, 0.15) is 24.2 Å². The molecule has 5 nitrogen and oxygen atoms in total. The summed E-state index contributed by atoms with van der Waals surface area (Å²) in [5.41, 5.74) is 7.95. The molecular weight excluding hydrogens is 178 g/mol. The van der Waals surface area contributed by atoms with Gasteiger partial charge in [-0.25, -0.2) is 4.98 Å². The Kier molecular flexibility index (Phi) is 2.32. The van der Waals surface area contributed by atoms with Gasteiger partial charge in [0, 0.05) is 24.0 Å². The van der Waals surface area contributed by atoms with E-state index in [1.165, 1.54) is 0 Å². The van der Waals surface area contributed by atoms with Gasteiger partial charge in [0.05, 0.1) is 24.8 Å². The lowest BCUT2D eigenvalue weighted by molar-refractivity contribution is 0.674. The summed E-state index contributed by atoms with van der Waals surface area (Å²) in [6.07, 6.45) is 7.24. The first kappa shape index (κ1) is 8.96. The monoisotopic (exact) mass is 191 g/mol. The second-order valence-electron chi connectivity index (χ2n) is 3.34. The number of aromatic nitrogens is 4. The molecule has 2 heterocycles. The van der Waals surface area contributed by atoms with E-state index in [1.807, 2.05) is 17.7 Å². The summed E-state index contributed by atoms with van der Waals surface area (Å²) in [6, 6.07) is 0.00408. The minimum Gasteiger partial charge on any atom is -0.329 e. The average molecular weight is 191 g/mol. The van der Waals surface area contributed by atoms with Crippen molar-refractivity contribution in [1.29, 1.82) is 0 Å². The lowest BCUT2D eigenvalue weighted by Crippen LogP contribution is -2.12. The van der Waals surface area contributed by atoms with E-state index in [4.69, 9.17) is 5.73 Å². The highest BCUT2D eigenvalue weighted by molar-refractivity contribution is 5.09. The zero-order chi connectivity index (χ0) is 9.97. The van der Waals surface area contributed by atoms with Crippen LogP contribution in [0.4, 0.5) is 0 Å². The van der Waals surface area contributed by atoms with Gasteiger partial charge in [-0.1, -0.05) is 0 Å². The summed E-state index contributed by atoms with van der Waals surface area (Å²) in [5, 5.41) is 6.66. The van der Waals surface area contributed by atoms with Gasteiger partial charge in [0.25, 0.3) is 0 Å². The zero-order valence-electron chi connectivity index (χ0n) is 8.01. The highest BCUT2D eigenvalue weighted by Gasteiger charge is 2.06. The first-order valence-corrected chi connectivity index (χ1v) is 4.50. The zero-order valence-corrected chi connectivity index (χ0v) is 8.01. The molecule has 0 unspecified atom stereocenters. The van der Waals surface area contributed by atoms with Crippen LogP contribution < -0.4 is 5.73 Å². The van der Waals surface area contributed by atoms with Crippen molar-refractivity contribution in [3.05, 3.63) is 36.2 Å². The van der Waals surface area contributed by atoms with Gasteiger partial charge in [-0.05, 0) is 6.92 Å². The van der Waals surface area contributed by atoms with Gasteiger partial charge in [0.2, 0.25) is 0 Å². The molecular formula is C9H13N5. The van der Waals surface area contributed by atoms with Crippen LogP contribution in [0.5, 0.6) is 0 Å². The summed E-state index contributed by atoms with van der Waals surface area (Å²) in [5.74, 6) is 0. The first-order chi connectivity index (χ1) is 6.77. The Morgan fingerprint density at radius 3 is 3.07 bits per heavy atom. The normalized spacial score (nSPS) is 13.0. The van der Waals surface area contributed by atoms with Crippen molar-refractivity contribution in [1.82, 2.24) is 19.7 Å². The Morgan fingerprint density at radius 2 is 2.43 bits per heavy atom. The molecule has 14 heavy (non-hydrogen) atoms. The minimum atomic E-state index is 0.00408. The van der Waals surface area contributed by atoms with Gasteiger partial charge in [-0.2, -0.15) is 5.10 Å². The molecule has 5 heteroatoms. The van der Waals surface area contributed by atoms with E-state index in [0.29, 0.717) is 0 Å². The van der Waals surface area contributed by atoms with Gasteiger partial charge in [-0.15, -0.1) is 0 Å². The third kappa shape index (κ3) is 1.67. The number of nitrogens with two attached hydrogens (primary N) is 1. The number of nitrogens with zero attached hydrogens (tertiary/aromatic N) is 3. The molecule has 3 N–H and O–H groups in total. The first-order valence-electron chi connectivity index (χ1n) is 4.50. The van der Waals surface area contributed by atoms with Crippen molar-refractivity contribution in [3.8, 4) is 0 Å². The van der Waals surface area contributed by atoms with Crippen LogP contribution in [0, 0.1) is 0 Å². The Hall–Kier alpha value is -1.62. The molecule has 2 aromatic rings. The van der Waals surface area contributed by atoms with Crippen LogP contribution in [0.25, 0.3) is 0 Å². The van der Waals surface area contributed by atoms with E-state index < -0.39 is 0 Å². The van der Waals surface area contributed by atoms with Gasteiger partial charge in [-0.3, -0.25) is 5.10 Å². The maximum atomic E-state index is 5.80. The molecule has 0 saturated carbocycles. The van der Waals surface area contributed by atoms with E-state index in [9.17, 15) is 0 Å². The third-order valence-corrected chi connectivity index (χ3v) is 2.12. The van der Waals surface area contributed by atoms with Gasteiger partial charge in [0.1, 0.15) is 0 Å². The highest BCUT2D eigenvalue weighted by Crippen LogP contribution is 2.10. The highest BCUT2D eigenvalue weighted by atomic mass is 15.1. The van der Waals surface area contributed by atoms with Crippen LogP contribution >= 0.6 is 0 Å². The number of nitrogens with one attached hydrogen (secondary N) is 1. The van der Waals surface area contributed by atoms with Crippen molar-refractivity contribution in [2.24, 2.45) is 5.73 Å². The maximum Gasteiger partial charge on any atom is 0.0951 e. The van der Waals surface area contributed by atoms with Crippen LogP contribution in [0.3, 0.4) is 0 Å². The van der Waals surface area contributed by atoms with Crippen LogP contribution in [0.2, 0.25) is 0 Å². The van der Waals surface area contributed by atoms with Crippen LogP contribution in [-0.2, 0) is 6.54 Å². The molecule has 0 aromatic carbocycles. The van der Waals surface area contributed by atoms with Crippen LogP contribution in [-0.4, -0.2) is 19.7 Å². The molecule has 1 atom stereocenters. The molecule has 0 saturated heterocycles. The SMILES string of the molecule is C[C@@H](N)c1cncn1Cc1cn[nH]c1. The number of hydrogen-bond donors (Lipinski definition) is 2. The Bertz CT molecular complexity index is 387. The third-order valence-electron chi connectivity index (χ3n) is 2.12. The summed E-state index contributed by atoms with van der Waals surface area (Å²) in [6.45, 7) is 2.70. The predicted molar refractivity (Wildman–Crippen MR) is 52.5 cm³/mol. The van der Waals surface area contributed by atoms with Crippen LogP contribution in [0.15, 0.2) is 24.9 Å². The topological polar surface area (TPSA) is 72.5 Å². The molecule has 0 spiro atoms. The molecule has 2 aromatic heterocycles. The standard InChI is InChI=1S/C9H13N5/c1-7(10)9-4-11-6-14(9)5-8-2-12-13-3-8/h2-4,6-7H,5,10H2,1H3,(H,12,13)/t7-/m1/s1. The summed E-state index contributed by atoms with van der Waals surface area (Å²) in [4.78, 5) is 4.08. The van der Waals surface area contributed by atoms with E-state index in [1.54, 1.807) is 18.7 Å². The fourth-order valence-corrected chi connectivity index (χ4v) is 1.40. The van der Waals surface area contributed by atoms with Gasteiger partial charge < -0.3 is 10.3 Å². The lowest BCUT2D eigenvalue weighted by Gasteiger charge is -2.08. The van der Waals surface area contributed by atoms with Crippen molar-refractivity contribution < 1.29 is 0 Å². The Morgan fingerprint density at radius 1 is 1.57 bits per heavy atom. The summed E-state index contributed by atoms with van der Waals surface area (Å²) < 4.78 is 2.02. The molecule has 0 radical (unpaired) electrons. The van der Waals surface area contributed by atoms with Crippen molar-refractivity contribution >= 4 is 0 Å². The number of H-pyrrole nitrogens is 1. The van der Waals surface area contributed by atoms with E-state index in [-0.39, 0.29) is 6.04 Å². The lowest BCUT2D eigenvalue weighted by atomic mass is 10.2. The fraction of sp³-hybridized carbons (Fsp3) is 0.333. The maximum absolute atomic E-state index is 5.80. The average Bonchev–Trinajstić information content (AvgIpc) is 2.75. The van der Waals surface area contributed by atoms with Crippen molar-refractivity contribution in [2.75, 3.05) is 0 Å². The number of hydrogen-bond acceptors (Lipinski definition) is 3. The van der Waals surface area contributed by atoms with Gasteiger partial charge in [0.15, 0.2) is 0 Å². The molecule has 0 fully saturated rings. The second-order valence-corrected chi connectivity index (χ2v) is 3.34. The van der Waals surface area contributed by atoms with Gasteiger partial charge >= 0.3 is 0 Å². The number of imidazole rings is 1. The fourth-order valence-electron chi connectivity index (χ4n) is 1.40. The molecule has 0 bridgehead atoms. The van der Waals surface area contributed by atoms with E-state index in [2.05, 4.69) is 15.2 Å². The number of rotatable bonds is 3. The largest absolute Gasteiger partial charge is 0.329 e. The molecule has 0 aliphatic heterocycles. The smallest absolute Gasteiger partial charge is 0.0951 e. The summed E-state index contributed by atoms with van der Waals surface area (Å²) >= 11 is 0. The molecule has 74 valence electrons. The minimum absolute atomic E-state index is 0.00408. The van der Waals surface area contributed by atoms with E-state index in [0.717, 1.165) is 17.8 Å². The van der Waals surface area contributed by atoms with Crippen molar-refractivity contribution in [3.63, 3.8) is 0 Å². The number of aromatic amines is 1.